The van der Waals surface area contributed by atoms with Gasteiger partial charge in [0.2, 0.25) is 11.8 Å². The van der Waals surface area contributed by atoms with Gasteiger partial charge in [0.05, 0.1) is 0 Å². The third kappa shape index (κ3) is 3.95. The van der Waals surface area contributed by atoms with Crippen LogP contribution in [-0.4, -0.2) is 42.4 Å². The van der Waals surface area contributed by atoms with Crippen molar-refractivity contribution in [3.8, 4) is 0 Å². The number of hydrogen-bond donors (Lipinski definition) is 2. The van der Waals surface area contributed by atoms with Gasteiger partial charge < -0.3 is 16.0 Å². The van der Waals surface area contributed by atoms with Crippen LogP contribution in [0.5, 0.6) is 0 Å². The summed E-state index contributed by atoms with van der Waals surface area (Å²) < 4.78 is 0. The van der Waals surface area contributed by atoms with Crippen LogP contribution in [0.4, 0.5) is 0 Å². The molecule has 0 aromatic carbocycles. The lowest BCUT2D eigenvalue weighted by molar-refractivity contribution is -0.131. The van der Waals surface area contributed by atoms with Crippen molar-refractivity contribution in [2.75, 3.05) is 19.6 Å². The van der Waals surface area contributed by atoms with Crippen LogP contribution in [-0.2, 0) is 9.59 Å². The Balaban J connectivity index is 1.72. The van der Waals surface area contributed by atoms with Crippen molar-refractivity contribution < 1.29 is 9.59 Å². The van der Waals surface area contributed by atoms with Gasteiger partial charge in [0.1, 0.15) is 0 Å². The van der Waals surface area contributed by atoms with E-state index < -0.39 is 0 Å². The number of nitrogens with one attached hydrogen (secondary N) is 1. The Morgan fingerprint density at radius 1 is 1.30 bits per heavy atom. The normalized spacial score (nSPS) is 24.9. The Bertz CT molecular complexity index is 353. The van der Waals surface area contributed by atoms with Crippen molar-refractivity contribution in [1.29, 1.82) is 0 Å². The third-order valence-electron chi connectivity index (χ3n) is 4.57. The third-order valence-corrected chi connectivity index (χ3v) is 4.57. The topological polar surface area (TPSA) is 75.4 Å². The van der Waals surface area contributed by atoms with Crippen LogP contribution in [0.3, 0.4) is 0 Å². The van der Waals surface area contributed by atoms with Crippen molar-refractivity contribution in [2.24, 2.45) is 17.6 Å². The standard InChI is InChI=1S/C15H27N3O2/c1-11(17-15(20)13-4-2-3-5-13)8-14(19)18-7-6-12(9-16)10-18/h11-13H,2-10,16H2,1H3,(H,17,20). The fourth-order valence-corrected chi connectivity index (χ4v) is 3.24. The van der Waals surface area contributed by atoms with Crippen LogP contribution in [0.25, 0.3) is 0 Å². The first-order valence-corrected chi connectivity index (χ1v) is 7.88. The number of likely N-dealkylation sites (tertiary alicyclic amines) is 1. The first kappa shape index (κ1) is 15.3. The second-order valence-electron chi connectivity index (χ2n) is 6.33. The summed E-state index contributed by atoms with van der Waals surface area (Å²) in [5.74, 6) is 0.882. The number of hydrogen-bond acceptors (Lipinski definition) is 3. The van der Waals surface area contributed by atoms with E-state index in [2.05, 4.69) is 5.32 Å². The fraction of sp³-hybridized carbons (Fsp3) is 0.867. The van der Waals surface area contributed by atoms with Crippen molar-refractivity contribution in [1.82, 2.24) is 10.2 Å². The molecule has 0 radical (unpaired) electrons. The molecule has 114 valence electrons. The summed E-state index contributed by atoms with van der Waals surface area (Å²) in [5.41, 5.74) is 5.64. The van der Waals surface area contributed by atoms with E-state index in [1.165, 1.54) is 0 Å². The van der Waals surface area contributed by atoms with Crippen LogP contribution >= 0.6 is 0 Å². The van der Waals surface area contributed by atoms with E-state index >= 15 is 0 Å². The second kappa shape index (κ2) is 7.07. The lowest BCUT2D eigenvalue weighted by Gasteiger charge is -2.21. The molecule has 2 fully saturated rings. The number of amides is 2. The molecule has 0 aromatic heterocycles. The molecule has 20 heavy (non-hydrogen) atoms. The highest BCUT2D eigenvalue weighted by Gasteiger charge is 2.28. The molecule has 2 atom stereocenters. The number of carbonyl (C=O) groups is 2. The Hall–Kier alpha value is -1.10. The molecule has 2 amide bonds. The molecular weight excluding hydrogens is 254 g/mol. The molecule has 1 heterocycles. The average molecular weight is 281 g/mol. The summed E-state index contributed by atoms with van der Waals surface area (Å²) >= 11 is 0. The maximum atomic E-state index is 12.2. The first-order valence-electron chi connectivity index (χ1n) is 7.88. The summed E-state index contributed by atoms with van der Waals surface area (Å²) in [4.78, 5) is 26.0. The molecule has 5 heteroatoms. The predicted octanol–water partition coefficient (Wildman–Crippen LogP) is 0.879. The van der Waals surface area contributed by atoms with E-state index in [9.17, 15) is 9.59 Å². The van der Waals surface area contributed by atoms with Crippen LogP contribution in [0.1, 0.15) is 45.4 Å². The number of carbonyl (C=O) groups excluding carboxylic acids is 2. The molecule has 3 N–H and O–H groups in total. The smallest absolute Gasteiger partial charge is 0.224 e. The van der Waals surface area contributed by atoms with E-state index in [0.29, 0.717) is 18.9 Å². The van der Waals surface area contributed by atoms with Gasteiger partial charge in [-0.15, -0.1) is 0 Å². The summed E-state index contributed by atoms with van der Waals surface area (Å²) in [7, 11) is 0. The van der Waals surface area contributed by atoms with Gasteiger partial charge >= 0.3 is 0 Å². The maximum Gasteiger partial charge on any atom is 0.224 e. The minimum absolute atomic E-state index is 0.0764. The van der Waals surface area contributed by atoms with E-state index in [1.54, 1.807) is 0 Å². The molecular formula is C15H27N3O2. The average Bonchev–Trinajstić information content (AvgIpc) is 3.09. The zero-order chi connectivity index (χ0) is 14.5. The molecule has 0 aromatic rings. The SMILES string of the molecule is CC(CC(=O)N1CCC(CN)C1)NC(=O)C1CCCC1. The highest BCUT2D eigenvalue weighted by molar-refractivity contribution is 5.81. The van der Waals surface area contributed by atoms with Crippen molar-refractivity contribution in [3.05, 3.63) is 0 Å². The summed E-state index contributed by atoms with van der Waals surface area (Å²) in [6, 6.07) is -0.0764. The molecule has 1 aliphatic carbocycles. The zero-order valence-electron chi connectivity index (χ0n) is 12.4. The zero-order valence-corrected chi connectivity index (χ0v) is 12.4. The Morgan fingerprint density at radius 2 is 2.00 bits per heavy atom. The summed E-state index contributed by atoms with van der Waals surface area (Å²) in [6.45, 7) is 4.15. The van der Waals surface area contributed by atoms with E-state index in [1.807, 2.05) is 11.8 Å². The Morgan fingerprint density at radius 3 is 2.60 bits per heavy atom. The Kier molecular flexibility index (Phi) is 5.40. The van der Waals surface area contributed by atoms with Gasteiger partial charge in [-0.3, -0.25) is 9.59 Å². The highest BCUT2D eigenvalue weighted by Crippen LogP contribution is 2.25. The van der Waals surface area contributed by atoms with Gasteiger partial charge in [-0.05, 0) is 38.6 Å². The first-order chi connectivity index (χ1) is 9.60. The molecule has 0 spiro atoms. The number of nitrogens with zero attached hydrogens (tertiary/aromatic N) is 1. The minimum atomic E-state index is -0.0764. The number of nitrogens with two attached hydrogens (primary N) is 1. The van der Waals surface area contributed by atoms with Gasteiger partial charge in [0.25, 0.3) is 0 Å². The molecule has 1 saturated carbocycles. The lowest BCUT2D eigenvalue weighted by Crippen LogP contribution is -2.40. The summed E-state index contributed by atoms with van der Waals surface area (Å²) in [6.07, 6.45) is 5.70. The maximum absolute atomic E-state index is 12.2. The van der Waals surface area contributed by atoms with Crippen molar-refractivity contribution in [2.45, 2.75) is 51.5 Å². The van der Waals surface area contributed by atoms with Crippen molar-refractivity contribution in [3.63, 3.8) is 0 Å². The van der Waals surface area contributed by atoms with Crippen LogP contribution < -0.4 is 11.1 Å². The molecule has 2 unspecified atom stereocenters. The highest BCUT2D eigenvalue weighted by atomic mass is 16.2. The van der Waals surface area contributed by atoms with Crippen LogP contribution in [0.2, 0.25) is 0 Å². The van der Waals surface area contributed by atoms with E-state index in [0.717, 1.165) is 45.2 Å². The van der Waals surface area contributed by atoms with Crippen LogP contribution in [0, 0.1) is 11.8 Å². The lowest BCUT2D eigenvalue weighted by atomic mass is 10.1. The fourth-order valence-electron chi connectivity index (χ4n) is 3.24. The van der Waals surface area contributed by atoms with Gasteiger partial charge in [0.15, 0.2) is 0 Å². The van der Waals surface area contributed by atoms with Gasteiger partial charge in [-0.1, -0.05) is 12.8 Å². The largest absolute Gasteiger partial charge is 0.353 e. The minimum Gasteiger partial charge on any atom is -0.353 e. The quantitative estimate of drug-likeness (QED) is 0.785. The summed E-state index contributed by atoms with van der Waals surface area (Å²) in [5, 5.41) is 2.99. The predicted molar refractivity (Wildman–Crippen MR) is 77.9 cm³/mol. The van der Waals surface area contributed by atoms with Crippen LogP contribution in [0.15, 0.2) is 0 Å². The van der Waals surface area contributed by atoms with E-state index in [4.69, 9.17) is 5.73 Å². The molecule has 1 saturated heterocycles. The Labute approximate surface area is 121 Å². The number of rotatable bonds is 5. The molecule has 5 nitrogen and oxygen atoms in total. The molecule has 0 bridgehead atoms. The molecule has 2 aliphatic rings. The van der Waals surface area contributed by atoms with Gasteiger partial charge in [0, 0.05) is 31.5 Å². The van der Waals surface area contributed by atoms with Gasteiger partial charge in [-0.2, -0.15) is 0 Å². The monoisotopic (exact) mass is 281 g/mol. The molecule has 2 rings (SSSR count). The van der Waals surface area contributed by atoms with Gasteiger partial charge in [-0.25, -0.2) is 0 Å². The van der Waals surface area contributed by atoms with E-state index in [-0.39, 0.29) is 23.8 Å². The second-order valence-corrected chi connectivity index (χ2v) is 6.33. The molecule has 1 aliphatic heterocycles. The van der Waals surface area contributed by atoms with Crippen molar-refractivity contribution >= 4 is 11.8 Å².